The van der Waals surface area contributed by atoms with E-state index in [0.29, 0.717) is 40.5 Å². The number of halogens is 2. The van der Waals surface area contributed by atoms with E-state index in [0.717, 1.165) is 12.8 Å². The van der Waals surface area contributed by atoms with E-state index in [1.54, 1.807) is 25.1 Å². The van der Waals surface area contributed by atoms with Crippen molar-refractivity contribution in [3.05, 3.63) is 50.5 Å². The molecule has 3 N–H and O–H groups in total. The monoisotopic (exact) mass is 410 g/mol. The second-order valence-electron chi connectivity index (χ2n) is 7.30. The van der Waals surface area contributed by atoms with Gasteiger partial charge in [0.2, 0.25) is 0 Å². The summed E-state index contributed by atoms with van der Waals surface area (Å²) in [4.78, 5) is 19.5. The van der Waals surface area contributed by atoms with Gasteiger partial charge in [-0.25, -0.2) is 4.98 Å². The Morgan fingerprint density at radius 1 is 1.33 bits per heavy atom. The SMILES string of the molecule is Cc1nc(N2CCC(C)(C(O)CN)CC2)cc(=O)n1-c1cccc(Cl)c1Cl. The molecule has 2 heterocycles. The van der Waals surface area contributed by atoms with Gasteiger partial charge in [0.1, 0.15) is 11.6 Å². The molecular formula is C19H24Cl2N4O2. The van der Waals surface area contributed by atoms with Gasteiger partial charge in [-0.15, -0.1) is 0 Å². The summed E-state index contributed by atoms with van der Waals surface area (Å²) < 4.78 is 1.46. The van der Waals surface area contributed by atoms with Crippen LogP contribution in [0.1, 0.15) is 25.6 Å². The predicted octanol–water partition coefficient (Wildman–Crippen LogP) is 2.77. The van der Waals surface area contributed by atoms with E-state index in [4.69, 9.17) is 28.9 Å². The first-order valence-electron chi connectivity index (χ1n) is 8.95. The minimum atomic E-state index is -0.521. The third-order valence-electron chi connectivity index (χ3n) is 5.50. The van der Waals surface area contributed by atoms with Crippen LogP contribution in [-0.4, -0.2) is 40.4 Å². The van der Waals surface area contributed by atoms with Gasteiger partial charge in [-0.3, -0.25) is 9.36 Å². The fraction of sp³-hybridized carbons (Fsp3) is 0.474. The van der Waals surface area contributed by atoms with Gasteiger partial charge in [0.25, 0.3) is 5.56 Å². The molecule has 1 fully saturated rings. The van der Waals surface area contributed by atoms with Crippen LogP contribution in [0.5, 0.6) is 0 Å². The summed E-state index contributed by atoms with van der Waals surface area (Å²) in [5, 5.41) is 10.9. The highest BCUT2D eigenvalue weighted by Crippen LogP contribution is 2.35. The highest BCUT2D eigenvalue weighted by atomic mass is 35.5. The van der Waals surface area contributed by atoms with Crippen molar-refractivity contribution < 1.29 is 5.11 Å². The van der Waals surface area contributed by atoms with Gasteiger partial charge in [-0.1, -0.05) is 36.2 Å². The normalized spacial score (nSPS) is 17.8. The molecule has 27 heavy (non-hydrogen) atoms. The number of aliphatic hydroxyl groups is 1. The van der Waals surface area contributed by atoms with E-state index in [-0.39, 0.29) is 17.5 Å². The van der Waals surface area contributed by atoms with E-state index >= 15 is 0 Å². The number of rotatable bonds is 4. The van der Waals surface area contributed by atoms with E-state index in [9.17, 15) is 9.90 Å². The largest absolute Gasteiger partial charge is 0.391 e. The third-order valence-corrected chi connectivity index (χ3v) is 6.31. The van der Waals surface area contributed by atoms with Gasteiger partial charge in [-0.2, -0.15) is 0 Å². The lowest BCUT2D eigenvalue weighted by Gasteiger charge is -2.42. The molecule has 1 atom stereocenters. The Balaban J connectivity index is 1.88. The molecule has 0 aliphatic carbocycles. The standard InChI is InChI=1S/C19H24Cl2N4O2/c1-12-23-16(24-8-6-19(2,7-9-24)15(26)11-22)10-17(27)25(12)14-5-3-4-13(20)18(14)21/h3-5,10,15,26H,6-9,11,22H2,1-2H3. The molecule has 1 saturated heterocycles. The molecule has 0 spiro atoms. The number of nitrogens with two attached hydrogens (primary N) is 1. The Kier molecular flexibility index (Phi) is 5.82. The second kappa shape index (κ2) is 7.80. The van der Waals surface area contributed by atoms with Gasteiger partial charge in [0, 0.05) is 25.7 Å². The highest BCUT2D eigenvalue weighted by molar-refractivity contribution is 6.43. The number of hydrogen-bond acceptors (Lipinski definition) is 5. The highest BCUT2D eigenvalue weighted by Gasteiger charge is 2.36. The predicted molar refractivity (Wildman–Crippen MR) is 109 cm³/mol. The van der Waals surface area contributed by atoms with Crippen molar-refractivity contribution in [3.8, 4) is 5.69 Å². The van der Waals surface area contributed by atoms with Gasteiger partial charge in [-0.05, 0) is 37.3 Å². The van der Waals surface area contributed by atoms with Crippen molar-refractivity contribution in [1.82, 2.24) is 9.55 Å². The van der Waals surface area contributed by atoms with Crippen molar-refractivity contribution in [2.75, 3.05) is 24.5 Å². The van der Waals surface area contributed by atoms with E-state index in [1.165, 1.54) is 10.6 Å². The lowest BCUT2D eigenvalue weighted by molar-refractivity contribution is 0.0259. The molecule has 146 valence electrons. The second-order valence-corrected chi connectivity index (χ2v) is 8.09. The maximum absolute atomic E-state index is 12.8. The van der Waals surface area contributed by atoms with E-state index < -0.39 is 6.10 Å². The van der Waals surface area contributed by atoms with Crippen molar-refractivity contribution in [2.45, 2.75) is 32.8 Å². The Hall–Kier alpha value is -1.60. The van der Waals surface area contributed by atoms with Crippen LogP contribution in [-0.2, 0) is 0 Å². The van der Waals surface area contributed by atoms with Gasteiger partial charge < -0.3 is 15.7 Å². The van der Waals surface area contributed by atoms with Crippen LogP contribution >= 0.6 is 23.2 Å². The molecule has 1 aromatic heterocycles. The zero-order chi connectivity index (χ0) is 19.8. The molecule has 8 heteroatoms. The zero-order valence-corrected chi connectivity index (χ0v) is 17.0. The summed E-state index contributed by atoms with van der Waals surface area (Å²) in [6.45, 7) is 5.50. The molecule has 0 bridgehead atoms. The van der Waals surface area contributed by atoms with Gasteiger partial charge >= 0.3 is 0 Å². The van der Waals surface area contributed by atoms with Crippen LogP contribution in [0.2, 0.25) is 10.0 Å². The summed E-state index contributed by atoms with van der Waals surface area (Å²) in [5.41, 5.74) is 5.73. The lowest BCUT2D eigenvalue weighted by atomic mass is 9.75. The number of hydrogen-bond donors (Lipinski definition) is 2. The van der Waals surface area contributed by atoms with Gasteiger partial charge in [0.05, 0.1) is 21.8 Å². The Morgan fingerprint density at radius 2 is 2.00 bits per heavy atom. The van der Waals surface area contributed by atoms with Crippen molar-refractivity contribution in [3.63, 3.8) is 0 Å². The molecule has 0 amide bonds. The number of piperidine rings is 1. The summed E-state index contributed by atoms with van der Waals surface area (Å²) in [5.74, 6) is 1.17. The number of aromatic nitrogens is 2. The first-order chi connectivity index (χ1) is 12.8. The van der Waals surface area contributed by atoms with Crippen LogP contribution in [0, 0.1) is 12.3 Å². The molecule has 6 nitrogen and oxygen atoms in total. The number of nitrogens with zero attached hydrogens (tertiary/aromatic N) is 3. The quantitative estimate of drug-likeness (QED) is 0.809. The fourth-order valence-electron chi connectivity index (χ4n) is 3.57. The topological polar surface area (TPSA) is 84.4 Å². The average molecular weight is 411 g/mol. The lowest BCUT2D eigenvalue weighted by Crippen LogP contribution is -2.47. The molecule has 1 aromatic carbocycles. The van der Waals surface area contributed by atoms with Crippen molar-refractivity contribution >= 4 is 29.0 Å². The smallest absolute Gasteiger partial charge is 0.260 e. The summed E-state index contributed by atoms with van der Waals surface area (Å²) in [7, 11) is 0. The molecule has 1 unspecified atom stereocenters. The molecule has 3 rings (SSSR count). The minimum absolute atomic E-state index is 0.205. The van der Waals surface area contributed by atoms with Gasteiger partial charge in [0.15, 0.2) is 0 Å². The molecule has 1 aliphatic heterocycles. The fourth-order valence-corrected chi connectivity index (χ4v) is 3.95. The Labute approximate surface area is 168 Å². The first-order valence-corrected chi connectivity index (χ1v) is 9.70. The van der Waals surface area contributed by atoms with Crippen molar-refractivity contribution in [1.29, 1.82) is 0 Å². The molecule has 0 radical (unpaired) electrons. The average Bonchev–Trinajstić information content (AvgIpc) is 2.64. The molecule has 1 aliphatic rings. The van der Waals surface area contributed by atoms with Crippen LogP contribution < -0.4 is 16.2 Å². The summed E-state index contributed by atoms with van der Waals surface area (Å²) in [6.07, 6.45) is 1.05. The maximum Gasteiger partial charge on any atom is 0.260 e. The molecule has 0 saturated carbocycles. The number of aliphatic hydroxyl groups excluding tert-OH is 1. The molecule has 2 aromatic rings. The number of aryl methyl sites for hydroxylation is 1. The van der Waals surface area contributed by atoms with Crippen LogP contribution in [0.15, 0.2) is 29.1 Å². The van der Waals surface area contributed by atoms with E-state index in [2.05, 4.69) is 16.8 Å². The maximum atomic E-state index is 12.8. The number of benzene rings is 1. The zero-order valence-electron chi connectivity index (χ0n) is 15.5. The summed E-state index contributed by atoms with van der Waals surface area (Å²) in [6, 6.07) is 6.68. The van der Waals surface area contributed by atoms with Crippen LogP contribution in [0.4, 0.5) is 5.82 Å². The Morgan fingerprint density at radius 3 is 2.59 bits per heavy atom. The minimum Gasteiger partial charge on any atom is -0.391 e. The third kappa shape index (κ3) is 3.85. The van der Waals surface area contributed by atoms with Crippen molar-refractivity contribution in [2.24, 2.45) is 11.1 Å². The number of anilines is 1. The first kappa shape index (κ1) is 20.1. The molecular weight excluding hydrogens is 387 g/mol. The van der Waals surface area contributed by atoms with Crippen LogP contribution in [0.3, 0.4) is 0 Å². The summed E-state index contributed by atoms with van der Waals surface area (Å²) >= 11 is 12.4. The Bertz CT molecular complexity index is 892. The van der Waals surface area contributed by atoms with E-state index in [1.807, 2.05) is 0 Å². The van der Waals surface area contributed by atoms with Crippen LogP contribution in [0.25, 0.3) is 5.69 Å².